The first-order chi connectivity index (χ1) is 11.4. The van der Waals surface area contributed by atoms with E-state index in [0.29, 0.717) is 18.7 Å². The summed E-state index contributed by atoms with van der Waals surface area (Å²) in [6.45, 7) is 4.74. The van der Waals surface area contributed by atoms with Crippen molar-refractivity contribution in [1.29, 1.82) is 0 Å². The highest BCUT2D eigenvalue weighted by atomic mass is 16.5. The lowest BCUT2D eigenvalue weighted by Gasteiger charge is -2.39. The molecule has 2 amide bonds. The zero-order valence-corrected chi connectivity index (χ0v) is 14.5. The van der Waals surface area contributed by atoms with Crippen molar-refractivity contribution in [1.82, 2.24) is 14.8 Å². The number of carbonyl (C=O) groups is 2. The van der Waals surface area contributed by atoms with Gasteiger partial charge >= 0.3 is 0 Å². The summed E-state index contributed by atoms with van der Waals surface area (Å²) in [6.07, 6.45) is 0. The fraction of sp³-hybridized carbons (Fsp3) is 0.444. The van der Waals surface area contributed by atoms with Crippen molar-refractivity contribution < 1.29 is 14.3 Å². The second-order valence-electron chi connectivity index (χ2n) is 6.42. The monoisotopic (exact) mass is 329 g/mol. The van der Waals surface area contributed by atoms with Crippen LogP contribution in [0.3, 0.4) is 0 Å². The van der Waals surface area contributed by atoms with Gasteiger partial charge in [0.15, 0.2) is 5.60 Å². The molecule has 1 aliphatic rings. The van der Waals surface area contributed by atoms with Gasteiger partial charge in [0, 0.05) is 37.2 Å². The average Bonchev–Trinajstić information content (AvgIpc) is 2.85. The fourth-order valence-electron chi connectivity index (χ4n) is 3.39. The minimum Gasteiger partial charge on any atom is -0.362 e. The molecule has 1 saturated heterocycles. The molecule has 0 radical (unpaired) electrons. The molecule has 0 bridgehead atoms. The summed E-state index contributed by atoms with van der Waals surface area (Å²) in [7, 11) is 3.54. The predicted octanol–water partition coefficient (Wildman–Crippen LogP) is 1.46. The normalized spacial score (nSPS) is 21.1. The summed E-state index contributed by atoms with van der Waals surface area (Å²) < 4.78 is 7.67. The van der Waals surface area contributed by atoms with Crippen molar-refractivity contribution in [2.45, 2.75) is 19.4 Å². The first-order valence-electron chi connectivity index (χ1n) is 8.08. The van der Waals surface area contributed by atoms with Crippen LogP contribution in [0.1, 0.15) is 23.0 Å². The number of hydrogen-bond donors (Lipinski definition) is 1. The molecule has 1 N–H and O–H groups in total. The molecule has 2 heterocycles. The van der Waals surface area contributed by atoms with Gasteiger partial charge in [-0.3, -0.25) is 9.59 Å². The molecule has 1 unspecified atom stereocenters. The molecular weight excluding hydrogens is 306 g/mol. The van der Waals surface area contributed by atoms with Gasteiger partial charge in [-0.05, 0) is 19.9 Å². The summed E-state index contributed by atoms with van der Waals surface area (Å²) in [5.41, 5.74) is 1.64. The third-order valence-electron chi connectivity index (χ3n) is 4.88. The third-order valence-corrected chi connectivity index (χ3v) is 4.88. The smallest absolute Gasteiger partial charge is 0.256 e. The van der Waals surface area contributed by atoms with Crippen LogP contribution in [-0.2, 0) is 16.6 Å². The Bertz CT molecular complexity index is 811. The number of aromatic nitrogens is 1. The van der Waals surface area contributed by atoms with Gasteiger partial charge in [-0.15, -0.1) is 0 Å². The van der Waals surface area contributed by atoms with Crippen LogP contribution in [0.5, 0.6) is 0 Å². The van der Waals surface area contributed by atoms with Gasteiger partial charge in [0.25, 0.3) is 11.8 Å². The van der Waals surface area contributed by atoms with Crippen LogP contribution in [0.4, 0.5) is 0 Å². The van der Waals surface area contributed by atoms with E-state index in [1.165, 1.54) is 0 Å². The Morgan fingerprint density at radius 1 is 1.29 bits per heavy atom. The summed E-state index contributed by atoms with van der Waals surface area (Å²) in [4.78, 5) is 27.0. The second-order valence-corrected chi connectivity index (χ2v) is 6.42. The van der Waals surface area contributed by atoms with Crippen LogP contribution in [-0.4, -0.2) is 53.6 Å². The number of fused-ring (bicyclic) bond motifs is 1. The van der Waals surface area contributed by atoms with Crippen molar-refractivity contribution in [3.8, 4) is 0 Å². The molecule has 3 rings (SSSR count). The van der Waals surface area contributed by atoms with Gasteiger partial charge < -0.3 is 19.5 Å². The molecule has 0 spiro atoms. The van der Waals surface area contributed by atoms with Crippen LogP contribution >= 0.6 is 0 Å². The average molecular weight is 329 g/mol. The third kappa shape index (κ3) is 2.47. The molecule has 6 nitrogen and oxygen atoms in total. The first-order valence-corrected chi connectivity index (χ1v) is 8.08. The number of aryl methyl sites for hydroxylation is 1. The van der Waals surface area contributed by atoms with E-state index in [0.717, 1.165) is 16.6 Å². The van der Waals surface area contributed by atoms with E-state index in [1.54, 1.807) is 18.9 Å². The summed E-state index contributed by atoms with van der Waals surface area (Å²) >= 11 is 0. The van der Waals surface area contributed by atoms with Crippen LogP contribution in [0.2, 0.25) is 0 Å². The van der Waals surface area contributed by atoms with Crippen molar-refractivity contribution >= 4 is 22.7 Å². The van der Waals surface area contributed by atoms with Gasteiger partial charge in [-0.25, -0.2) is 0 Å². The molecule has 1 fully saturated rings. The zero-order chi connectivity index (χ0) is 17.5. The van der Waals surface area contributed by atoms with Crippen molar-refractivity contribution in [2.24, 2.45) is 7.05 Å². The molecule has 128 valence electrons. The standard InChI is InChI=1S/C18H23N3O3/c1-12-15(13-7-5-6-8-14(13)20(12)4)16(22)21-9-10-24-18(2,11-21)17(23)19-3/h5-8H,9-11H2,1-4H3,(H,19,23). The maximum absolute atomic E-state index is 13.2. The number of nitrogens with one attached hydrogen (secondary N) is 1. The van der Waals surface area contributed by atoms with Gasteiger partial charge in [0.05, 0.1) is 18.7 Å². The fourth-order valence-corrected chi connectivity index (χ4v) is 3.39. The first kappa shape index (κ1) is 16.5. The second kappa shape index (κ2) is 5.94. The van der Waals surface area contributed by atoms with Gasteiger partial charge in [0.1, 0.15) is 0 Å². The lowest BCUT2D eigenvalue weighted by molar-refractivity contribution is -0.153. The molecule has 2 aromatic rings. The summed E-state index contributed by atoms with van der Waals surface area (Å²) in [5, 5.41) is 3.55. The highest BCUT2D eigenvalue weighted by Gasteiger charge is 2.41. The van der Waals surface area contributed by atoms with E-state index in [1.807, 2.05) is 42.8 Å². The van der Waals surface area contributed by atoms with E-state index in [2.05, 4.69) is 5.32 Å². The number of benzene rings is 1. The van der Waals surface area contributed by atoms with E-state index in [4.69, 9.17) is 4.74 Å². The number of nitrogens with zero attached hydrogens (tertiary/aromatic N) is 2. The maximum Gasteiger partial charge on any atom is 0.256 e. The van der Waals surface area contributed by atoms with Gasteiger partial charge in [-0.1, -0.05) is 18.2 Å². The molecule has 1 atom stereocenters. The van der Waals surface area contributed by atoms with Gasteiger partial charge in [0.2, 0.25) is 0 Å². The largest absolute Gasteiger partial charge is 0.362 e. The number of carbonyl (C=O) groups excluding carboxylic acids is 2. The molecule has 24 heavy (non-hydrogen) atoms. The van der Waals surface area contributed by atoms with Gasteiger partial charge in [-0.2, -0.15) is 0 Å². The zero-order valence-electron chi connectivity index (χ0n) is 14.5. The Kier molecular flexibility index (Phi) is 4.09. The molecule has 0 aliphatic carbocycles. The number of amides is 2. The number of likely N-dealkylation sites (N-methyl/N-ethyl adjacent to an activating group) is 1. The molecule has 1 aromatic heterocycles. The maximum atomic E-state index is 13.2. The quantitative estimate of drug-likeness (QED) is 0.907. The number of rotatable bonds is 2. The van der Waals surface area contributed by atoms with Crippen molar-refractivity contribution in [3.05, 3.63) is 35.5 Å². The van der Waals surface area contributed by atoms with E-state index in [-0.39, 0.29) is 18.4 Å². The van der Waals surface area contributed by atoms with Crippen molar-refractivity contribution in [3.63, 3.8) is 0 Å². The van der Waals surface area contributed by atoms with Crippen LogP contribution in [0.15, 0.2) is 24.3 Å². The van der Waals surface area contributed by atoms with E-state index in [9.17, 15) is 9.59 Å². The number of para-hydroxylation sites is 1. The number of ether oxygens (including phenoxy) is 1. The minimum absolute atomic E-state index is 0.0530. The predicted molar refractivity (Wildman–Crippen MR) is 92.0 cm³/mol. The van der Waals surface area contributed by atoms with Crippen LogP contribution in [0, 0.1) is 6.92 Å². The Hall–Kier alpha value is -2.34. The highest BCUT2D eigenvalue weighted by Crippen LogP contribution is 2.28. The highest BCUT2D eigenvalue weighted by molar-refractivity contribution is 6.08. The summed E-state index contributed by atoms with van der Waals surface area (Å²) in [5.74, 6) is -0.266. The van der Waals surface area contributed by atoms with E-state index < -0.39 is 5.60 Å². The molecule has 1 aromatic carbocycles. The molecule has 1 aliphatic heterocycles. The van der Waals surface area contributed by atoms with Crippen molar-refractivity contribution in [2.75, 3.05) is 26.7 Å². The van der Waals surface area contributed by atoms with Crippen LogP contribution < -0.4 is 5.32 Å². The number of morpholine rings is 1. The Morgan fingerprint density at radius 2 is 2.00 bits per heavy atom. The minimum atomic E-state index is -1.01. The van der Waals surface area contributed by atoms with Crippen LogP contribution in [0.25, 0.3) is 10.9 Å². The van der Waals surface area contributed by atoms with E-state index >= 15 is 0 Å². The SMILES string of the molecule is CNC(=O)C1(C)CN(C(=O)c2c(C)n(C)c3ccccc23)CCO1. The molecule has 6 heteroatoms. The Morgan fingerprint density at radius 3 is 2.71 bits per heavy atom. The topological polar surface area (TPSA) is 63.6 Å². The number of hydrogen-bond acceptors (Lipinski definition) is 3. The Labute approximate surface area is 141 Å². The lowest BCUT2D eigenvalue weighted by Crippen LogP contribution is -2.58. The Balaban J connectivity index is 1.98. The molecular formula is C18H23N3O3. The summed E-state index contributed by atoms with van der Waals surface area (Å²) in [6, 6.07) is 7.88. The lowest BCUT2D eigenvalue weighted by atomic mass is 10.0. The molecule has 0 saturated carbocycles.